The lowest BCUT2D eigenvalue weighted by atomic mass is 10.1. The third kappa shape index (κ3) is 4.02. The largest absolute Gasteiger partial charge is 0.431 e. The lowest BCUT2D eigenvalue weighted by molar-refractivity contribution is -0.142. The number of halogens is 4. The van der Waals surface area contributed by atoms with Crippen LogP contribution in [0.5, 0.6) is 0 Å². The SMILES string of the molecule is C=CC(O)N1CCN(c2ncnc3c(=O)n(-c4c(N)cccc4F)c(C(F)(F)F)cc23)CC1. The number of pyridine rings is 1. The fourth-order valence-electron chi connectivity index (χ4n) is 3.90. The molecule has 8 nitrogen and oxygen atoms in total. The van der Waals surface area contributed by atoms with Crippen LogP contribution in [-0.2, 0) is 6.18 Å². The first-order valence-electron chi connectivity index (χ1n) is 9.95. The average molecular weight is 464 g/mol. The summed E-state index contributed by atoms with van der Waals surface area (Å²) in [7, 11) is 0. The number of anilines is 2. The first-order valence-corrected chi connectivity index (χ1v) is 9.95. The van der Waals surface area contributed by atoms with E-state index >= 15 is 0 Å². The lowest BCUT2D eigenvalue weighted by Crippen LogP contribution is -2.50. The summed E-state index contributed by atoms with van der Waals surface area (Å²) in [6.07, 6.45) is -3.39. The van der Waals surface area contributed by atoms with Crippen molar-refractivity contribution in [3.05, 3.63) is 65.1 Å². The number of rotatable bonds is 4. The van der Waals surface area contributed by atoms with Crippen molar-refractivity contribution in [2.75, 3.05) is 36.8 Å². The van der Waals surface area contributed by atoms with Gasteiger partial charge in [-0.1, -0.05) is 12.6 Å². The number of nitrogens with zero attached hydrogens (tertiary/aromatic N) is 5. The molecule has 3 N–H and O–H groups in total. The molecule has 1 atom stereocenters. The van der Waals surface area contributed by atoms with Crippen molar-refractivity contribution in [3.8, 4) is 5.69 Å². The zero-order valence-corrected chi connectivity index (χ0v) is 17.3. The highest BCUT2D eigenvalue weighted by molar-refractivity contribution is 5.89. The Bertz CT molecular complexity index is 1250. The highest BCUT2D eigenvalue weighted by atomic mass is 19.4. The van der Waals surface area contributed by atoms with Crippen LogP contribution in [0.25, 0.3) is 16.6 Å². The Morgan fingerprint density at radius 1 is 1.18 bits per heavy atom. The van der Waals surface area contributed by atoms with Gasteiger partial charge in [-0.25, -0.2) is 14.4 Å². The zero-order chi connectivity index (χ0) is 23.9. The predicted molar refractivity (Wildman–Crippen MR) is 114 cm³/mol. The van der Waals surface area contributed by atoms with Crippen molar-refractivity contribution in [1.29, 1.82) is 0 Å². The van der Waals surface area contributed by atoms with Gasteiger partial charge >= 0.3 is 6.18 Å². The van der Waals surface area contributed by atoms with Crippen molar-refractivity contribution in [1.82, 2.24) is 19.4 Å². The van der Waals surface area contributed by atoms with Gasteiger partial charge in [0.15, 0.2) is 0 Å². The first kappa shape index (κ1) is 22.7. The Morgan fingerprint density at radius 2 is 1.88 bits per heavy atom. The maximum atomic E-state index is 14.5. The summed E-state index contributed by atoms with van der Waals surface area (Å²) in [4.78, 5) is 24.7. The Labute approximate surface area is 185 Å². The zero-order valence-electron chi connectivity index (χ0n) is 17.3. The molecule has 1 aromatic carbocycles. The van der Waals surface area contributed by atoms with E-state index in [1.807, 2.05) is 0 Å². The van der Waals surface area contributed by atoms with E-state index in [9.17, 15) is 27.5 Å². The number of alkyl halides is 3. The summed E-state index contributed by atoms with van der Waals surface area (Å²) >= 11 is 0. The van der Waals surface area contributed by atoms with Crippen LogP contribution in [0.3, 0.4) is 0 Å². The van der Waals surface area contributed by atoms with Gasteiger partial charge in [0.2, 0.25) is 0 Å². The molecule has 12 heteroatoms. The van der Waals surface area contributed by atoms with Crippen LogP contribution in [0.15, 0.2) is 48.0 Å². The van der Waals surface area contributed by atoms with Crippen molar-refractivity contribution < 1.29 is 22.7 Å². The molecule has 3 aromatic rings. The van der Waals surface area contributed by atoms with Crippen LogP contribution in [0, 0.1) is 5.82 Å². The van der Waals surface area contributed by atoms with Gasteiger partial charge in [0.25, 0.3) is 5.56 Å². The van der Waals surface area contributed by atoms with Crippen LogP contribution in [0.1, 0.15) is 5.69 Å². The summed E-state index contributed by atoms with van der Waals surface area (Å²) in [5.41, 5.74) is 1.86. The van der Waals surface area contributed by atoms with Gasteiger partial charge in [-0.05, 0) is 24.3 Å². The second kappa shape index (κ2) is 8.45. The fraction of sp³-hybridized carbons (Fsp3) is 0.286. The smallest absolute Gasteiger partial charge is 0.397 e. The van der Waals surface area contributed by atoms with E-state index in [-0.39, 0.29) is 27.0 Å². The van der Waals surface area contributed by atoms with Crippen LogP contribution >= 0.6 is 0 Å². The Kier molecular flexibility index (Phi) is 5.80. The van der Waals surface area contributed by atoms with E-state index in [1.54, 1.807) is 9.80 Å². The van der Waals surface area contributed by atoms with Crippen molar-refractivity contribution >= 4 is 22.4 Å². The molecule has 2 aromatic heterocycles. The minimum Gasteiger partial charge on any atom is -0.397 e. The van der Waals surface area contributed by atoms with Gasteiger partial charge in [0.05, 0.1) is 11.1 Å². The lowest BCUT2D eigenvalue weighted by Gasteiger charge is -2.37. The molecule has 3 heterocycles. The minimum absolute atomic E-state index is 0.112. The van der Waals surface area contributed by atoms with Gasteiger partial charge in [-0.15, -0.1) is 0 Å². The number of para-hydroxylation sites is 1. The highest BCUT2D eigenvalue weighted by Gasteiger charge is 2.37. The molecular formula is C21H20F4N6O2. The molecule has 0 saturated carbocycles. The van der Waals surface area contributed by atoms with Crippen molar-refractivity contribution in [2.24, 2.45) is 0 Å². The molecule has 0 bridgehead atoms. The molecule has 4 rings (SSSR count). The number of aliphatic hydroxyl groups excluding tert-OH is 1. The Hall–Kier alpha value is -3.51. The molecular weight excluding hydrogens is 444 g/mol. The molecule has 174 valence electrons. The van der Waals surface area contributed by atoms with Crippen molar-refractivity contribution in [3.63, 3.8) is 0 Å². The topological polar surface area (TPSA) is 101 Å². The summed E-state index contributed by atoms with van der Waals surface area (Å²) in [6, 6.07) is 4.10. The van der Waals surface area contributed by atoms with E-state index in [1.165, 1.54) is 18.2 Å². The maximum absolute atomic E-state index is 14.5. The summed E-state index contributed by atoms with van der Waals surface area (Å²) in [6.45, 7) is 5.00. The molecule has 1 fully saturated rings. The van der Waals surface area contributed by atoms with Crippen LogP contribution in [0.4, 0.5) is 29.1 Å². The normalized spacial score (nSPS) is 16.2. The van der Waals surface area contributed by atoms with Gasteiger partial charge in [0, 0.05) is 26.2 Å². The Morgan fingerprint density at radius 3 is 2.48 bits per heavy atom. The second-order valence-electron chi connectivity index (χ2n) is 7.48. The molecule has 1 aliphatic rings. The molecule has 33 heavy (non-hydrogen) atoms. The molecule has 1 aliphatic heterocycles. The van der Waals surface area contributed by atoms with Crippen LogP contribution in [0.2, 0.25) is 0 Å². The van der Waals surface area contributed by atoms with Crippen LogP contribution in [-0.4, -0.2) is 56.9 Å². The number of aliphatic hydroxyl groups is 1. The van der Waals surface area contributed by atoms with Gasteiger partial charge in [-0.3, -0.25) is 14.3 Å². The van der Waals surface area contributed by atoms with Crippen molar-refractivity contribution in [2.45, 2.75) is 12.4 Å². The van der Waals surface area contributed by atoms with Gasteiger partial charge in [0.1, 0.15) is 41.1 Å². The Balaban J connectivity index is 1.90. The third-order valence-corrected chi connectivity index (χ3v) is 5.52. The summed E-state index contributed by atoms with van der Waals surface area (Å²) < 4.78 is 56.8. The highest BCUT2D eigenvalue weighted by Crippen LogP contribution is 2.35. The molecule has 1 unspecified atom stereocenters. The minimum atomic E-state index is -5.00. The quantitative estimate of drug-likeness (QED) is 0.347. The molecule has 0 spiro atoms. The number of piperazine rings is 1. The van der Waals surface area contributed by atoms with Gasteiger partial charge < -0.3 is 15.7 Å². The molecule has 1 saturated heterocycles. The third-order valence-electron chi connectivity index (χ3n) is 5.52. The molecule has 0 radical (unpaired) electrons. The second-order valence-corrected chi connectivity index (χ2v) is 7.48. The first-order chi connectivity index (χ1) is 15.6. The summed E-state index contributed by atoms with van der Waals surface area (Å²) in [5, 5.41) is 9.80. The number of hydrogen-bond acceptors (Lipinski definition) is 7. The van der Waals surface area contributed by atoms with Crippen LogP contribution < -0.4 is 16.2 Å². The molecule has 0 aliphatic carbocycles. The number of fused-ring (bicyclic) bond motifs is 1. The van der Waals surface area contributed by atoms with E-state index in [2.05, 4.69) is 16.5 Å². The fourth-order valence-corrected chi connectivity index (χ4v) is 3.90. The number of aromatic nitrogens is 3. The van der Waals surface area contributed by atoms with E-state index < -0.39 is 35.2 Å². The van der Waals surface area contributed by atoms with Gasteiger partial charge in [-0.2, -0.15) is 13.2 Å². The number of benzene rings is 1. The standard InChI is InChI=1S/C21H20F4N6O2/c1-2-16(32)29-6-8-30(9-7-29)19-12-10-15(21(23,24)25)31(20(33)17(12)27-11-28-19)18-13(22)4-3-5-14(18)26/h2-5,10-11,16,32H,1,6-9,26H2. The van der Waals surface area contributed by atoms with E-state index in [4.69, 9.17) is 5.73 Å². The maximum Gasteiger partial charge on any atom is 0.431 e. The van der Waals surface area contributed by atoms with E-state index in [0.717, 1.165) is 18.5 Å². The predicted octanol–water partition coefficient (Wildman–Crippen LogP) is 2.15. The summed E-state index contributed by atoms with van der Waals surface area (Å²) in [5.74, 6) is -0.933. The number of nitrogen functional groups attached to an aromatic ring is 1. The monoisotopic (exact) mass is 464 g/mol. The number of nitrogens with two attached hydrogens (primary N) is 1. The average Bonchev–Trinajstić information content (AvgIpc) is 2.78. The molecule has 0 amide bonds. The number of hydrogen-bond donors (Lipinski definition) is 2. The van der Waals surface area contributed by atoms with E-state index in [0.29, 0.717) is 26.2 Å².